The molecule has 0 atom stereocenters. The highest BCUT2D eigenvalue weighted by Gasteiger charge is 2.12. The number of hydrogen-bond acceptors (Lipinski definition) is 3. The molecule has 0 bridgehead atoms. The van der Waals surface area contributed by atoms with Gasteiger partial charge in [0.2, 0.25) is 0 Å². The molecular formula is C18H18O3. The molecule has 0 aliphatic rings. The van der Waals surface area contributed by atoms with Gasteiger partial charge in [-0.05, 0) is 56.2 Å². The number of carbonyl (C=O) groups excluding carboxylic acids is 1. The van der Waals surface area contributed by atoms with Crippen LogP contribution in [0.3, 0.4) is 0 Å². The van der Waals surface area contributed by atoms with Crippen LogP contribution in [0.4, 0.5) is 0 Å². The Morgan fingerprint density at radius 3 is 2.10 bits per heavy atom. The maximum absolute atomic E-state index is 11.6. The third-order valence-electron chi connectivity index (χ3n) is 2.96. The summed E-state index contributed by atoms with van der Waals surface area (Å²) in [5.74, 6) is 1.62. The number of ether oxygens (including phenoxy) is 2. The molecule has 3 nitrogen and oxygen atoms in total. The molecular weight excluding hydrogens is 264 g/mol. The van der Waals surface area contributed by atoms with E-state index in [1.165, 1.54) is 0 Å². The van der Waals surface area contributed by atoms with Crippen LogP contribution in [0.2, 0.25) is 0 Å². The molecule has 0 aromatic heterocycles. The van der Waals surface area contributed by atoms with Gasteiger partial charge in [0.15, 0.2) is 0 Å². The molecule has 0 amide bonds. The summed E-state index contributed by atoms with van der Waals surface area (Å²) in [6.45, 7) is 8.97. The second kappa shape index (κ2) is 6.27. The van der Waals surface area contributed by atoms with E-state index in [9.17, 15) is 4.79 Å². The number of carbonyl (C=O) groups is 1. The van der Waals surface area contributed by atoms with Gasteiger partial charge < -0.3 is 9.47 Å². The van der Waals surface area contributed by atoms with Crippen LogP contribution in [-0.2, 0) is 4.79 Å². The molecule has 0 spiro atoms. The van der Waals surface area contributed by atoms with E-state index in [1.807, 2.05) is 56.3 Å². The highest BCUT2D eigenvalue weighted by molar-refractivity contribution is 5.89. The van der Waals surface area contributed by atoms with Crippen LogP contribution in [0, 0.1) is 13.8 Å². The predicted molar refractivity (Wildman–Crippen MR) is 82.9 cm³/mol. The van der Waals surface area contributed by atoms with Gasteiger partial charge in [-0.3, -0.25) is 0 Å². The van der Waals surface area contributed by atoms with Crippen molar-refractivity contribution in [2.24, 2.45) is 0 Å². The zero-order chi connectivity index (χ0) is 15.4. The van der Waals surface area contributed by atoms with Crippen molar-refractivity contribution in [2.45, 2.75) is 20.8 Å². The van der Waals surface area contributed by atoms with Crippen molar-refractivity contribution in [3.63, 3.8) is 0 Å². The first-order valence-electron chi connectivity index (χ1n) is 6.69. The number of hydrogen-bond donors (Lipinski definition) is 0. The summed E-state index contributed by atoms with van der Waals surface area (Å²) in [7, 11) is 0. The Morgan fingerprint density at radius 2 is 1.57 bits per heavy atom. The fourth-order valence-electron chi connectivity index (χ4n) is 1.93. The summed E-state index contributed by atoms with van der Waals surface area (Å²) < 4.78 is 11.1. The van der Waals surface area contributed by atoms with Crippen LogP contribution in [0.25, 0.3) is 0 Å². The molecule has 2 aromatic rings. The number of esters is 1. The largest absolute Gasteiger partial charge is 0.457 e. The van der Waals surface area contributed by atoms with Gasteiger partial charge in [0.05, 0.1) is 0 Å². The molecule has 0 radical (unpaired) electrons. The van der Waals surface area contributed by atoms with Crippen LogP contribution in [0.15, 0.2) is 54.6 Å². The molecule has 21 heavy (non-hydrogen) atoms. The summed E-state index contributed by atoms with van der Waals surface area (Å²) in [5.41, 5.74) is 2.06. The first-order valence-corrected chi connectivity index (χ1v) is 6.69. The van der Waals surface area contributed by atoms with Gasteiger partial charge in [0.25, 0.3) is 0 Å². The second-order valence-corrected chi connectivity index (χ2v) is 4.97. The van der Waals surface area contributed by atoms with Gasteiger partial charge in [0, 0.05) is 5.57 Å². The van der Waals surface area contributed by atoms with Crippen LogP contribution in [-0.4, -0.2) is 5.97 Å². The number of aryl methyl sites for hydroxylation is 2. The maximum atomic E-state index is 11.6. The summed E-state index contributed by atoms with van der Waals surface area (Å²) in [5, 5.41) is 0. The zero-order valence-corrected chi connectivity index (χ0v) is 12.5. The molecule has 0 heterocycles. The van der Waals surface area contributed by atoms with Crippen molar-refractivity contribution in [3.05, 3.63) is 65.7 Å². The summed E-state index contributed by atoms with van der Waals surface area (Å²) in [4.78, 5) is 11.6. The topological polar surface area (TPSA) is 35.5 Å². The SMILES string of the molecule is C=C(C)C(=O)Oc1c(C)cc(Oc2ccccc2)cc1C. The standard InChI is InChI=1S/C18H18O3/c1-12(2)18(19)21-17-13(3)10-16(11-14(17)4)20-15-8-6-5-7-9-15/h5-11H,1H2,2-4H3. The molecule has 2 aromatic carbocycles. The lowest BCUT2D eigenvalue weighted by atomic mass is 10.1. The molecule has 0 aliphatic carbocycles. The van der Waals surface area contributed by atoms with Gasteiger partial charge in [-0.25, -0.2) is 4.79 Å². The highest BCUT2D eigenvalue weighted by Crippen LogP contribution is 2.31. The lowest BCUT2D eigenvalue weighted by molar-refractivity contribution is -0.130. The van der Waals surface area contributed by atoms with Crippen molar-refractivity contribution >= 4 is 5.97 Å². The van der Waals surface area contributed by atoms with Gasteiger partial charge in [-0.2, -0.15) is 0 Å². The van der Waals surface area contributed by atoms with E-state index in [-0.39, 0.29) is 0 Å². The zero-order valence-electron chi connectivity index (χ0n) is 12.5. The van der Waals surface area contributed by atoms with E-state index in [0.717, 1.165) is 16.9 Å². The van der Waals surface area contributed by atoms with Crippen LogP contribution in [0.5, 0.6) is 17.2 Å². The van der Waals surface area contributed by atoms with Gasteiger partial charge in [-0.1, -0.05) is 24.8 Å². The highest BCUT2D eigenvalue weighted by atomic mass is 16.5. The van der Waals surface area contributed by atoms with Crippen molar-refractivity contribution in [1.29, 1.82) is 0 Å². The normalized spacial score (nSPS) is 10.0. The van der Waals surface area contributed by atoms with E-state index >= 15 is 0 Å². The number of para-hydroxylation sites is 1. The third-order valence-corrected chi connectivity index (χ3v) is 2.96. The third kappa shape index (κ3) is 3.72. The van der Waals surface area contributed by atoms with Gasteiger partial charge in [-0.15, -0.1) is 0 Å². The van der Waals surface area contributed by atoms with E-state index < -0.39 is 5.97 Å². The fraction of sp³-hybridized carbons (Fsp3) is 0.167. The smallest absolute Gasteiger partial charge is 0.338 e. The Morgan fingerprint density at radius 1 is 1.00 bits per heavy atom. The molecule has 0 N–H and O–H groups in total. The second-order valence-electron chi connectivity index (χ2n) is 4.97. The van der Waals surface area contributed by atoms with Crippen molar-refractivity contribution < 1.29 is 14.3 Å². The molecule has 0 saturated carbocycles. The maximum Gasteiger partial charge on any atom is 0.338 e. The van der Waals surface area contributed by atoms with E-state index in [4.69, 9.17) is 9.47 Å². The Labute approximate surface area is 124 Å². The monoisotopic (exact) mass is 282 g/mol. The average Bonchev–Trinajstić information content (AvgIpc) is 2.43. The van der Waals surface area contributed by atoms with E-state index in [1.54, 1.807) is 6.92 Å². The molecule has 108 valence electrons. The Balaban J connectivity index is 2.25. The van der Waals surface area contributed by atoms with E-state index in [2.05, 4.69) is 6.58 Å². The summed E-state index contributed by atoms with van der Waals surface area (Å²) >= 11 is 0. The average molecular weight is 282 g/mol. The molecule has 0 saturated heterocycles. The number of rotatable bonds is 4. The molecule has 0 fully saturated rings. The fourth-order valence-corrected chi connectivity index (χ4v) is 1.93. The Bertz CT molecular complexity index is 649. The van der Waals surface area contributed by atoms with E-state index in [0.29, 0.717) is 17.1 Å². The van der Waals surface area contributed by atoms with Crippen LogP contribution < -0.4 is 9.47 Å². The summed E-state index contributed by atoms with van der Waals surface area (Å²) in [6.07, 6.45) is 0. The van der Waals surface area contributed by atoms with Gasteiger partial charge in [0.1, 0.15) is 17.2 Å². The Hall–Kier alpha value is -2.55. The minimum atomic E-state index is -0.419. The van der Waals surface area contributed by atoms with Crippen molar-refractivity contribution in [1.82, 2.24) is 0 Å². The lowest BCUT2D eigenvalue weighted by Crippen LogP contribution is -2.10. The number of benzene rings is 2. The predicted octanol–water partition coefficient (Wildman–Crippen LogP) is 4.58. The lowest BCUT2D eigenvalue weighted by Gasteiger charge is -2.13. The molecule has 0 unspecified atom stereocenters. The molecule has 0 aliphatic heterocycles. The minimum absolute atomic E-state index is 0.374. The molecule has 3 heteroatoms. The first-order chi connectivity index (χ1) is 9.97. The van der Waals surface area contributed by atoms with Crippen LogP contribution >= 0.6 is 0 Å². The first kappa shape index (κ1) is 14.9. The van der Waals surface area contributed by atoms with Crippen molar-refractivity contribution in [2.75, 3.05) is 0 Å². The van der Waals surface area contributed by atoms with Crippen molar-refractivity contribution in [3.8, 4) is 17.2 Å². The minimum Gasteiger partial charge on any atom is -0.457 e. The Kier molecular flexibility index (Phi) is 4.43. The van der Waals surface area contributed by atoms with Gasteiger partial charge >= 0.3 is 5.97 Å². The summed E-state index contributed by atoms with van der Waals surface area (Å²) in [6, 6.07) is 13.2. The molecule has 2 rings (SSSR count). The van der Waals surface area contributed by atoms with Crippen LogP contribution in [0.1, 0.15) is 18.1 Å². The quantitative estimate of drug-likeness (QED) is 0.468.